The molecule has 1 aromatic carbocycles. The first kappa shape index (κ1) is 27.2. The Morgan fingerprint density at radius 2 is 1.90 bits per heavy atom. The molecule has 0 fully saturated rings. The monoisotopic (exact) mass is 441 g/mol. The Kier molecular flexibility index (Phi) is 11.2. The van der Waals surface area contributed by atoms with Gasteiger partial charge in [-0.1, -0.05) is 6.07 Å². The molecule has 2 heterocycles. The van der Waals surface area contributed by atoms with Crippen LogP contribution in [0.5, 0.6) is 17.2 Å². The molecular formula is C16H18F2N3NaO6S. The number of hydrogen-bond acceptors (Lipinski definition) is 6. The molecule has 0 aliphatic carbocycles. The van der Waals surface area contributed by atoms with Crippen LogP contribution < -0.4 is 48.8 Å². The summed E-state index contributed by atoms with van der Waals surface area (Å²) in [6.07, 6.45) is 1.52. The van der Waals surface area contributed by atoms with Crippen molar-refractivity contribution in [3.8, 4) is 17.2 Å². The molecule has 0 aliphatic heterocycles. The Morgan fingerprint density at radius 3 is 2.52 bits per heavy atom. The minimum atomic E-state index is -2.93. The Morgan fingerprint density at radius 1 is 1.17 bits per heavy atom. The van der Waals surface area contributed by atoms with Gasteiger partial charge in [-0.3, -0.25) is 9.19 Å². The number of nitrogens with zero attached hydrogens (tertiary/aromatic N) is 3. The van der Waals surface area contributed by atoms with Crippen LogP contribution in [0.1, 0.15) is 5.69 Å². The Bertz CT molecular complexity index is 960. The summed E-state index contributed by atoms with van der Waals surface area (Å²) in [6.45, 7) is -2.93. The second-order valence-electron chi connectivity index (χ2n) is 5.02. The molecule has 0 amide bonds. The van der Waals surface area contributed by atoms with Gasteiger partial charge < -0.3 is 35.1 Å². The topological polar surface area (TPSA) is 148 Å². The molecule has 4 N–H and O–H groups in total. The summed E-state index contributed by atoms with van der Waals surface area (Å²) in [4.78, 5) is 12.5. The van der Waals surface area contributed by atoms with Crippen molar-refractivity contribution in [2.75, 3.05) is 14.2 Å². The van der Waals surface area contributed by atoms with Gasteiger partial charge in [0.1, 0.15) is 5.75 Å². The predicted molar refractivity (Wildman–Crippen MR) is 96.4 cm³/mol. The molecule has 0 saturated heterocycles. The van der Waals surface area contributed by atoms with Crippen LogP contribution in [0.4, 0.5) is 8.78 Å². The molecule has 0 bridgehead atoms. The standard InChI is InChI=1S/C16H14F2N3O4S.Na.2H2O/c1-23-13-5-6-19-12(14(13)24-2)8-26(22)16-20-10-4-3-9(25-15(17)18)7-11(10)21-16;;;/h3-7,15H,8H2,1-2H3;;2*1H2/q-1;+1;;. The van der Waals surface area contributed by atoms with Crippen LogP contribution in [-0.4, -0.2) is 46.0 Å². The first-order valence-electron chi connectivity index (χ1n) is 7.35. The van der Waals surface area contributed by atoms with E-state index >= 15 is 0 Å². The molecule has 3 aromatic rings. The van der Waals surface area contributed by atoms with Gasteiger partial charge >= 0.3 is 36.2 Å². The van der Waals surface area contributed by atoms with E-state index in [-0.39, 0.29) is 57.2 Å². The number of hydrogen-bond donors (Lipinski definition) is 0. The summed E-state index contributed by atoms with van der Waals surface area (Å²) < 4.78 is 52.0. The van der Waals surface area contributed by atoms with Crippen LogP contribution in [0.15, 0.2) is 35.6 Å². The van der Waals surface area contributed by atoms with Crippen molar-refractivity contribution in [1.29, 1.82) is 0 Å². The van der Waals surface area contributed by atoms with Crippen molar-refractivity contribution in [1.82, 2.24) is 15.0 Å². The van der Waals surface area contributed by atoms with Crippen LogP contribution in [0, 0.1) is 0 Å². The summed E-state index contributed by atoms with van der Waals surface area (Å²) in [7, 11) is 1.34. The number of fused-ring (bicyclic) bond motifs is 1. The van der Waals surface area contributed by atoms with E-state index in [0.717, 1.165) is 0 Å². The second kappa shape index (κ2) is 12.0. The fourth-order valence-corrected chi connectivity index (χ4v) is 3.32. The van der Waals surface area contributed by atoms with Gasteiger partial charge in [-0.05, 0) is 23.2 Å². The molecule has 154 valence electrons. The maximum absolute atomic E-state index is 12.6. The van der Waals surface area contributed by atoms with Crippen LogP contribution >= 0.6 is 0 Å². The number of benzene rings is 1. The number of rotatable bonds is 7. The quantitative estimate of drug-likeness (QED) is 0.380. The third-order valence-electron chi connectivity index (χ3n) is 3.44. The van der Waals surface area contributed by atoms with E-state index in [1.165, 1.54) is 38.6 Å². The number of halogens is 2. The van der Waals surface area contributed by atoms with E-state index in [2.05, 4.69) is 19.7 Å². The Hall–Kier alpha value is -1.83. The summed E-state index contributed by atoms with van der Waals surface area (Å²) in [6, 6.07) is 5.77. The summed E-state index contributed by atoms with van der Waals surface area (Å²) >= 11 is 0. The molecule has 0 spiro atoms. The molecule has 3 rings (SSSR count). The molecule has 1 unspecified atom stereocenters. The molecule has 0 saturated carbocycles. The van der Waals surface area contributed by atoms with E-state index in [9.17, 15) is 13.0 Å². The van der Waals surface area contributed by atoms with E-state index in [1.54, 1.807) is 6.07 Å². The molecule has 29 heavy (non-hydrogen) atoms. The average molecular weight is 441 g/mol. The summed E-state index contributed by atoms with van der Waals surface area (Å²) in [5, 5.41) is 0.0702. The van der Waals surface area contributed by atoms with Crippen LogP contribution in [0.2, 0.25) is 0 Å². The van der Waals surface area contributed by atoms with Gasteiger partial charge in [0.05, 0.1) is 36.5 Å². The van der Waals surface area contributed by atoms with E-state index < -0.39 is 17.4 Å². The predicted octanol–water partition coefficient (Wildman–Crippen LogP) is -2.13. The van der Waals surface area contributed by atoms with E-state index in [1.807, 2.05) is 0 Å². The average Bonchev–Trinajstić information content (AvgIpc) is 3.04. The number of pyridine rings is 1. The van der Waals surface area contributed by atoms with E-state index in [4.69, 9.17) is 9.47 Å². The minimum absolute atomic E-state index is 0. The maximum atomic E-state index is 12.6. The number of alkyl halides is 2. The van der Waals surface area contributed by atoms with E-state index in [0.29, 0.717) is 28.2 Å². The number of ether oxygens (including phenoxy) is 3. The van der Waals surface area contributed by atoms with Crippen LogP contribution in [-0.2, 0) is 16.6 Å². The Labute approximate surface area is 189 Å². The fraction of sp³-hybridized carbons (Fsp3) is 0.250. The van der Waals surface area contributed by atoms with Gasteiger partial charge in [0, 0.05) is 17.4 Å². The molecule has 0 aliphatic rings. The van der Waals surface area contributed by atoms with Gasteiger partial charge in [0.2, 0.25) is 0 Å². The smallest absolute Gasteiger partial charge is 0.493 e. The van der Waals surface area contributed by atoms with Gasteiger partial charge in [-0.2, -0.15) is 8.78 Å². The number of imidazole rings is 1. The maximum Gasteiger partial charge on any atom is 1.00 e. The number of methoxy groups -OCH3 is 2. The SMILES string of the molecule is COc1ccnc(CS(=O)c2nc3cc(OC(F)F)ccc3[n-]2)c1OC.O.O.[Na+]. The van der Waals surface area contributed by atoms with Crippen molar-refractivity contribution in [3.63, 3.8) is 0 Å². The first-order chi connectivity index (χ1) is 12.5. The minimum Gasteiger partial charge on any atom is -0.493 e. The van der Waals surface area contributed by atoms with Gasteiger partial charge in [0.25, 0.3) is 0 Å². The number of aromatic nitrogens is 3. The van der Waals surface area contributed by atoms with Gasteiger partial charge in [-0.25, -0.2) is 0 Å². The van der Waals surface area contributed by atoms with Crippen LogP contribution in [0.3, 0.4) is 0 Å². The van der Waals surface area contributed by atoms with Crippen LogP contribution in [0.25, 0.3) is 11.0 Å². The van der Waals surface area contributed by atoms with Gasteiger partial charge in [-0.15, -0.1) is 0 Å². The zero-order chi connectivity index (χ0) is 18.7. The van der Waals surface area contributed by atoms with Gasteiger partial charge in [0.15, 0.2) is 11.5 Å². The van der Waals surface area contributed by atoms with Crippen molar-refractivity contribution in [2.45, 2.75) is 17.5 Å². The second-order valence-corrected chi connectivity index (χ2v) is 6.36. The van der Waals surface area contributed by atoms with Crippen molar-refractivity contribution in [3.05, 3.63) is 36.2 Å². The molecular weight excluding hydrogens is 423 g/mol. The van der Waals surface area contributed by atoms with Crippen molar-refractivity contribution < 1.29 is 67.7 Å². The zero-order valence-corrected chi connectivity index (χ0v) is 18.6. The molecule has 1 atom stereocenters. The molecule has 9 nitrogen and oxygen atoms in total. The van der Waals surface area contributed by atoms with Crippen molar-refractivity contribution in [2.24, 2.45) is 0 Å². The third kappa shape index (κ3) is 6.32. The largest absolute Gasteiger partial charge is 1.00 e. The fourth-order valence-electron chi connectivity index (χ4n) is 2.34. The molecule has 13 heteroatoms. The molecule has 2 aromatic heterocycles. The normalized spacial score (nSPS) is 11.1. The third-order valence-corrected chi connectivity index (χ3v) is 4.57. The van der Waals surface area contributed by atoms with Crippen molar-refractivity contribution >= 4 is 21.8 Å². The first-order valence-corrected chi connectivity index (χ1v) is 8.67. The summed E-state index contributed by atoms with van der Waals surface area (Å²) in [5.74, 6) is 0.821. The Balaban J connectivity index is 0.00000261. The summed E-state index contributed by atoms with van der Waals surface area (Å²) in [5.41, 5.74) is 1.18. The molecule has 0 radical (unpaired) electrons. The zero-order valence-electron chi connectivity index (χ0n) is 15.8.